The van der Waals surface area contributed by atoms with E-state index in [1.165, 1.54) is 17.9 Å². The first-order valence-electron chi connectivity index (χ1n) is 5.32. The zero-order chi connectivity index (χ0) is 13.5. The maximum Gasteiger partial charge on any atom is 0.259 e. The third-order valence-electron chi connectivity index (χ3n) is 2.78. The third kappa shape index (κ3) is 2.66. The fourth-order valence-electron chi connectivity index (χ4n) is 1.74. The highest BCUT2D eigenvalue weighted by molar-refractivity contribution is 7.89. The van der Waals surface area contributed by atoms with Crippen molar-refractivity contribution in [1.82, 2.24) is 14.5 Å². The minimum Gasteiger partial charge on any atom is -0.392 e. The summed E-state index contributed by atoms with van der Waals surface area (Å²) < 4.78 is 28.1. The van der Waals surface area contributed by atoms with Gasteiger partial charge in [-0.1, -0.05) is 23.8 Å². The summed E-state index contributed by atoms with van der Waals surface area (Å²) in [6, 6.07) is -0.518. The van der Waals surface area contributed by atoms with E-state index >= 15 is 0 Å². The summed E-state index contributed by atoms with van der Waals surface area (Å²) in [5.74, 6) is 0.185. The van der Waals surface area contributed by atoms with Crippen molar-refractivity contribution in [2.75, 3.05) is 0 Å². The van der Waals surface area contributed by atoms with E-state index < -0.39 is 16.1 Å². The molecule has 1 saturated carbocycles. The molecule has 0 aromatic carbocycles. The summed E-state index contributed by atoms with van der Waals surface area (Å²) >= 11 is 10.7. The molecule has 0 amide bonds. The lowest BCUT2D eigenvalue weighted by atomic mass is 10.2. The Bertz CT molecular complexity index is 560. The van der Waals surface area contributed by atoms with Crippen LogP contribution in [-0.4, -0.2) is 29.2 Å². The Morgan fingerprint density at radius 1 is 1.72 bits per heavy atom. The van der Waals surface area contributed by atoms with Crippen LogP contribution in [0.1, 0.15) is 12.8 Å². The number of hydrogen-bond donors (Lipinski definition) is 2. The van der Waals surface area contributed by atoms with Gasteiger partial charge in [0.1, 0.15) is 0 Å². The molecular formula is C9H13ClN4O2S2. The summed E-state index contributed by atoms with van der Waals surface area (Å²) in [5.41, 5.74) is 5.56. The fourth-order valence-corrected chi connectivity index (χ4v) is 4.01. The summed E-state index contributed by atoms with van der Waals surface area (Å²) in [7, 11) is -2.27. The van der Waals surface area contributed by atoms with Crippen molar-refractivity contribution in [3.8, 4) is 0 Å². The molecule has 1 aromatic heterocycles. The number of aromatic nitrogens is 2. The molecule has 1 heterocycles. The van der Waals surface area contributed by atoms with Gasteiger partial charge in [-0.15, -0.1) is 0 Å². The Morgan fingerprint density at radius 3 is 2.72 bits per heavy atom. The lowest BCUT2D eigenvalue weighted by Crippen LogP contribution is -2.45. The van der Waals surface area contributed by atoms with Gasteiger partial charge in [0.25, 0.3) is 10.0 Å². The van der Waals surface area contributed by atoms with Gasteiger partial charge in [-0.05, 0) is 18.8 Å². The molecule has 100 valence electrons. The highest BCUT2D eigenvalue weighted by atomic mass is 35.5. The van der Waals surface area contributed by atoms with Crippen molar-refractivity contribution in [3.63, 3.8) is 0 Å². The number of sulfonamides is 1. The summed E-state index contributed by atoms with van der Waals surface area (Å²) in [6.07, 6.45) is 3.12. The molecule has 0 bridgehead atoms. The molecule has 9 heteroatoms. The summed E-state index contributed by atoms with van der Waals surface area (Å²) in [6.45, 7) is 0. The van der Waals surface area contributed by atoms with Crippen LogP contribution in [0.15, 0.2) is 11.2 Å². The molecule has 2 rings (SSSR count). The predicted molar refractivity (Wildman–Crippen MR) is 71.8 cm³/mol. The Kier molecular flexibility index (Phi) is 3.63. The van der Waals surface area contributed by atoms with E-state index in [9.17, 15) is 8.42 Å². The van der Waals surface area contributed by atoms with E-state index in [1.54, 1.807) is 0 Å². The number of thiocarbonyl (C=S) groups is 1. The predicted octanol–water partition coefficient (Wildman–Crippen LogP) is 0.416. The van der Waals surface area contributed by atoms with Crippen LogP contribution in [-0.2, 0) is 17.1 Å². The van der Waals surface area contributed by atoms with Crippen LogP contribution in [0.25, 0.3) is 0 Å². The highest BCUT2D eigenvalue weighted by Crippen LogP contribution is 2.33. The molecule has 6 nitrogen and oxygen atoms in total. The standard InChI is InChI=1S/C9H13ClN4O2S2/c1-14-9(6(10)4-12-14)18(15,16)13-7(8(11)17)5-2-3-5/h4-5,7,13H,2-3H2,1H3,(H2,11,17). The molecule has 1 aromatic rings. The number of nitrogens with two attached hydrogens (primary N) is 1. The SMILES string of the molecule is Cn1ncc(Cl)c1S(=O)(=O)NC(C(N)=S)C1CC1. The van der Waals surface area contributed by atoms with E-state index in [0.29, 0.717) is 0 Å². The molecule has 1 atom stereocenters. The highest BCUT2D eigenvalue weighted by Gasteiger charge is 2.37. The van der Waals surface area contributed by atoms with Gasteiger partial charge in [0, 0.05) is 7.05 Å². The molecular weight excluding hydrogens is 296 g/mol. The minimum absolute atomic E-state index is 0.0717. The molecule has 1 unspecified atom stereocenters. The van der Waals surface area contributed by atoms with E-state index in [4.69, 9.17) is 29.6 Å². The van der Waals surface area contributed by atoms with Crippen molar-refractivity contribution < 1.29 is 8.42 Å². The van der Waals surface area contributed by atoms with Crippen LogP contribution in [0, 0.1) is 5.92 Å². The van der Waals surface area contributed by atoms with E-state index in [0.717, 1.165) is 12.8 Å². The van der Waals surface area contributed by atoms with Crippen molar-refractivity contribution in [2.24, 2.45) is 18.7 Å². The van der Waals surface area contributed by atoms with Gasteiger partial charge < -0.3 is 5.73 Å². The van der Waals surface area contributed by atoms with Crippen LogP contribution >= 0.6 is 23.8 Å². The molecule has 1 fully saturated rings. The number of aryl methyl sites for hydroxylation is 1. The normalized spacial score (nSPS) is 17.7. The largest absolute Gasteiger partial charge is 0.392 e. The second-order valence-corrected chi connectivity index (χ2v) is 6.77. The number of nitrogens with zero attached hydrogens (tertiary/aromatic N) is 2. The topological polar surface area (TPSA) is 90.0 Å². The molecule has 0 saturated heterocycles. The summed E-state index contributed by atoms with van der Waals surface area (Å²) in [4.78, 5) is 0.152. The molecule has 3 N–H and O–H groups in total. The van der Waals surface area contributed by atoms with E-state index in [1.807, 2.05) is 0 Å². The molecule has 1 aliphatic carbocycles. The average Bonchev–Trinajstić information content (AvgIpc) is 3.01. The fraction of sp³-hybridized carbons (Fsp3) is 0.556. The van der Waals surface area contributed by atoms with Crippen LogP contribution in [0.3, 0.4) is 0 Å². The number of nitrogens with one attached hydrogen (secondary N) is 1. The monoisotopic (exact) mass is 308 g/mol. The lowest BCUT2D eigenvalue weighted by molar-refractivity contribution is 0.549. The smallest absolute Gasteiger partial charge is 0.259 e. The van der Waals surface area contributed by atoms with Gasteiger partial charge in [0.15, 0.2) is 5.03 Å². The van der Waals surface area contributed by atoms with Crippen molar-refractivity contribution in [1.29, 1.82) is 0 Å². The van der Waals surface area contributed by atoms with Gasteiger partial charge in [0.05, 0.1) is 22.2 Å². The molecule has 0 radical (unpaired) electrons. The maximum atomic E-state index is 12.2. The quantitative estimate of drug-likeness (QED) is 0.769. The first-order valence-corrected chi connectivity index (χ1v) is 7.59. The molecule has 18 heavy (non-hydrogen) atoms. The van der Waals surface area contributed by atoms with Gasteiger partial charge in [-0.2, -0.15) is 9.82 Å². The van der Waals surface area contributed by atoms with Crippen LogP contribution in [0.2, 0.25) is 5.02 Å². The summed E-state index contributed by atoms with van der Waals surface area (Å²) in [5, 5.41) is 3.79. The third-order valence-corrected chi connectivity index (χ3v) is 4.98. The Labute approximate surface area is 116 Å². The number of hydrogen-bond acceptors (Lipinski definition) is 4. The zero-order valence-electron chi connectivity index (χ0n) is 9.63. The first kappa shape index (κ1) is 13.7. The van der Waals surface area contributed by atoms with E-state index in [-0.39, 0.29) is 21.0 Å². The molecule has 0 aliphatic heterocycles. The van der Waals surface area contributed by atoms with Crippen LogP contribution < -0.4 is 10.5 Å². The van der Waals surface area contributed by atoms with Crippen molar-refractivity contribution in [3.05, 3.63) is 11.2 Å². The Morgan fingerprint density at radius 2 is 2.33 bits per heavy atom. The second-order valence-electron chi connectivity index (χ2n) is 4.26. The number of rotatable bonds is 5. The Balaban J connectivity index is 2.29. The van der Waals surface area contributed by atoms with E-state index in [2.05, 4.69) is 9.82 Å². The number of halogens is 1. The van der Waals surface area contributed by atoms with Gasteiger partial charge in [0.2, 0.25) is 0 Å². The van der Waals surface area contributed by atoms with Gasteiger partial charge in [-0.3, -0.25) is 4.68 Å². The molecule has 0 spiro atoms. The van der Waals surface area contributed by atoms with Crippen molar-refractivity contribution in [2.45, 2.75) is 23.9 Å². The van der Waals surface area contributed by atoms with Crippen LogP contribution in [0.5, 0.6) is 0 Å². The van der Waals surface area contributed by atoms with Gasteiger partial charge in [-0.25, -0.2) is 8.42 Å². The molecule has 1 aliphatic rings. The minimum atomic E-state index is -3.78. The Hall–Kier alpha value is -0.700. The van der Waals surface area contributed by atoms with Crippen molar-refractivity contribution >= 4 is 38.8 Å². The van der Waals surface area contributed by atoms with Crippen LogP contribution in [0.4, 0.5) is 0 Å². The zero-order valence-corrected chi connectivity index (χ0v) is 12.0. The first-order chi connectivity index (χ1) is 8.33. The van der Waals surface area contributed by atoms with Gasteiger partial charge >= 0.3 is 0 Å². The lowest BCUT2D eigenvalue weighted by Gasteiger charge is -2.16. The second kappa shape index (κ2) is 4.76. The maximum absolute atomic E-state index is 12.2. The average molecular weight is 309 g/mol.